The second kappa shape index (κ2) is 23.9. The van der Waals surface area contributed by atoms with Crippen molar-refractivity contribution < 1.29 is 72.6 Å². The molecule has 15 heteroatoms. The molecule has 0 bridgehead atoms. The number of carboxylic acid groups (broad SMARTS) is 1. The van der Waals surface area contributed by atoms with Crippen molar-refractivity contribution >= 4 is 24.1 Å². The third-order valence-corrected chi connectivity index (χ3v) is 11.1. The van der Waals surface area contributed by atoms with Crippen LogP contribution in [0.25, 0.3) is 12.2 Å². The molecule has 0 amide bonds. The average molecular weight is 911 g/mol. The van der Waals surface area contributed by atoms with Crippen molar-refractivity contribution in [3.63, 3.8) is 0 Å². The first-order valence-electron chi connectivity index (χ1n) is 22.0. The minimum absolute atomic E-state index is 0.0173. The van der Waals surface area contributed by atoms with Crippen LogP contribution >= 0.6 is 0 Å². The minimum atomic E-state index is -1.10. The standard InChI is InChI=1S/C25H36O8.C25H34O7/c1-15-12-18(22(24(28)29)21(13-15)31-14-30-6)8-7-9-20-23(33-25(4,5)32-20)19(27)11-10-16(2)17(3)26;1-15-12-18-8-7-9-20-23(32-25(4,5)31-20)19(26)11-10-16(2)17(3)30-24(27)22(18)21(13-15)29-14-28-6/h7-8,10-13,16-17,19-20,23,26-27H,9,14H2,1-6H3,(H,28,29);7-8,10-13,16-17,19-20,23,26H,9,14H2,1-6H3/b8-7+,11-10-;8-7?,11-10-/t2*16-,17+,19?,20+,23-/m11/s1. The average Bonchev–Trinajstić information content (AvgIpc) is 3.72. The molecule has 5 rings (SSSR count). The number of carbonyl (C=O) groups is 2. The van der Waals surface area contributed by atoms with Crippen molar-refractivity contribution in [2.45, 2.75) is 142 Å². The quantitative estimate of drug-likeness (QED) is 0.0823. The number of ether oxygens (including phenoxy) is 9. The van der Waals surface area contributed by atoms with Crippen LogP contribution in [0.4, 0.5) is 0 Å². The van der Waals surface area contributed by atoms with Crippen LogP contribution in [0.15, 0.2) is 60.7 Å². The number of esters is 1. The zero-order valence-corrected chi connectivity index (χ0v) is 39.8. The van der Waals surface area contributed by atoms with Gasteiger partial charge in [0.25, 0.3) is 0 Å². The Morgan fingerprint density at radius 1 is 0.877 bits per heavy atom. The number of methoxy groups -OCH3 is 2. The summed E-state index contributed by atoms with van der Waals surface area (Å²) < 4.78 is 50.8. The van der Waals surface area contributed by atoms with Gasteiger partial charge in [-0.25, -0.2) is 9.59 Å². The first kappa shape index (κ1) is 53.2. The smallest absolute Gasteiger partial charge is 0.342 e. The molecule has 0 aromatic heterocycles. The van der Waals surface area contributed by atoms with E-state index in [1.54, 1.807) is 69.4 Å². The maximum atomic E-state index is 13.2. The normalized spacial score (nSPS) is 27.1. The van der Waals surface area contributed by atoms with E-state index in [-0.39, 0.29) is 42.8 Å². The van der Waals surface area contributed by atoms with Gasteiger partial charge >= 0.3 is 11.9 Å². The summed E-state index contributed by atoms with van der Waals surface area (Å²) in [4.78, 5) is 25.0. The minimum Gasteiger partial charge on any atom is -0.478 e. The van der Waals surface area contributed by atoms with Crippen molar-refractivity contribution in [1.29, 1.82) is 0 Å². The lowest BCUT2D eigenvalue weighted by molar-refractivity contribution is -0.152. The number of rotatable bonds is 14. The second-order valence-corrected chi connectivity index (χ2v) is 17.7. The lowest BCUT2D eigenvalue weighted by Gasteiger charge is -2.23. The SMILES string of the molecule is COCOc1cc(C)cc(/C=C/C[C@@H]2OC(C)(C)O[C@@H]2C(O)/C=C\[C@@H](C)[C@H](C)O)c1C(=O)O.COCOc1cc(C)cc2c1C(=O)O[C@@H](C)[C@H](C)/C=C\C(O)[C@H]1OC(C)(C)O[C@H]1CC=C2. The molecular weight excluding hydrogens is 841 g/mol. The number of aliphatic hydroxyl groups excluding tert-OH is 3. The number of benzene rings is 2. The number of fused-ring (bicyclic) bond motifs is 2. The zero-order chi connectivity index (χ0) is 48.2. The number of aromatic carboxylic acids is 1. The van der Waals surface area contributed by atoms with Crippen LogP contribution in [0.3, 0.4) is 0 Å². The highest BCUT2D eigenvalue weighted by Gasteiger charge is 2.45. The molecule has 2 saturated heterocycles. The monoisotopic (exact) mass is 910 g/mol. The van der Waals surface area contributed by atoms with Gasteiger partial charge in [-0.2, -0.15) is 0 Å². The molecule has 10 atom stereocenters. The molecule has 0 spiro atoms. The summed E-state index contributed by atoms with van der Waals surface area (Å²) in [6.07, 6.45) is 10.5. The Hall–Kier alpha value is -4.42. The Morgan fingerprint density at radius 3 is 2.15 bits per heavy atom. The van der Waals surface area contributed by atoms with Gasteiger partial charge in [-0.05, 0) is 109 Å². The lowest BCUT2D eigenvalue weighted by Crippen LogP contribution is -2.34. The fourth-order valence-electron chi connectivity index (χ4n) is 7.52. The van der Waals surface area contributed by atoms with Gasteiger partial charge in [0.1, 0.15) is 53.1 Å². The maximum absolute atomic E-state index is 13.2. The Kier molecular flexibility index (Phi) is 19.5. The highest BCUT2D eigenvalue weighted by atomic mass is 16.8. The zero-order valence-electron chi connectivity index (χ0n) is 39.8. The van der Waals surface area contributed by atoms with E-state index in [0.29, 0.717) is 35.3 Å². The number of carbonyl (C=O) groups excluding carboxylic acids is 1. The Bertz CT molecular complexity index is 2020. The van der Waals surface area contributed by atoms with Crippen LogP contribution in [-0.2, 0) is 33.2 Å². The highest BCUT2D eigenvalue weighted by molar-refractivity contribution is 5.97. The molecule has 0 saturated carbocycles. The molecule has 15 nitrogen and oxygen atoms in total. The fourth-order valence-corrected chi connectivity index (χ4v) is 7.52. The van der Waals surface area contributed by atoms with E-state index in [1.807, 2.05) is 72.8 Å². The van der Waals surface area contributed by atoms with Crippen molar-refractivity contribution in [1.82, 2.24) is 0 Å². The van der Waals surface area contributed by atoms with Crippen LogP contribution in [0.2, 0.25) is 0 Å². The Balaban J connectivity index is 0.000000285. The van der Waals surface area contributed by atoms with Gasteiger partial charge < -0.3 is 63.1 Å². The number of aryl methyl sites for hydroxylation is 2. The van der Waals surface area contributed by atoms with Gasteiger partial charge in [0.2, 0.25) is 0 Å². The topological polar surface area (TPSA) is 198 Å². The van der Waals surface area contributed by atoms with Gasteiger partial charge in [0, 0.05) is 20.1 Å². The summed E-state index contributed by atoms with van der Waals surface area (Å²) in [7, 11) is 2.99. The van der Waals surface area contributed by atoms with Crippen LogP contribution in [0.1, 0.15) is 111 Å². The first-order valence-corrected chi connectivity index (χ1v) is 22.0. The molecule has 360 valence electrons. The van der Waals surface area contributed by atoms with Gasteiger partial charge in [0.05, 0.1) is 18.3 Å². The molecule has 2 aromatic carbocycles. The summed E-state index contributed by atoms with van der Waals surface area (Å²) >= 11 is 0. The van der Waals surface area contributed by atoms with Crippen LogP contribution in [0, 0.1) is 25.7 Å². The van der Waals surface area contributed by atoms with Crippen molar-refractivity contribution in [3.05, 3.63) is 94.1 Å². The largest absolute Gasteiger partial charge is 0.478 e. The van der Waals surface area contributed by atoms with Gasteiger partial charge in [0.15, 0.2) is 25.2 Å². The lowest BCUT2D eigenvalue weighted by atomic mass is 9.98. The Labute approximate surface area is 383 Å². The summed E-state index contributed by atoms with van der Waals surface area (Å²) in [5, 5.41) is 40.8. The van der Waals surface area contributed by atoms with E-state index in [2.05, 4.69) is 0 Å². The van der Waals surface area contributed by atoms with E-state index in [0.717, 1.165) is 11.1 Å². The summed E-state index contributed by atoms with van der Waals surface area (Å²) in [5.74, 6) is -2.83. The number of hydrogen-bond donors (Lipinski definition) is 4. The van der Waals surface area contributed by atoms with E-state index in [1.165, 1.54) is 14.2 Å². The van der Waals surface area contributed by atoms with Crippen molar-refractivity contribution in [2.24, 2.45) is 11.8 Å². The number of carboxylic acids is 1. The van der Waals surface area contributed by atoms with Crippen LogP contribution < -0.4 is 9.47 Å². The molecule has 3 aliphatic rings. The first-order chi connectivity index (χ1) is 30.6. The predicted octanol–water partition coefficient (Wildman–Crippen LogP) is 7.55. The van der Waals surface area contributed by atoms with Crippen LogP contribution in [-0.4, -0.2) is 121 Å². The van der Waals surface area contributed by atoms with E-state index < -0.39 is 66.2 Å². The predicted molar refractivity (Wildman–Crippen MR) is 244 cm³/mol. The highest BCUT2D eigenvalue weighted by Crippen LogP contribution is 2.36. The molecule has 0 aliphatic carbocycles. The fraction of sp³-hybridized carbons (Fsp3) is 0.560. The molecule has 3 aliphatic heterocycles. The molecule has 4 N–H and O–H groups in total. The maximum Gasteiger partial charge on any atom is 0.342 e. The summed E-state index contributed by atoms with van der Waals surface area (Å²) in [6.45, 7) is 18.3. The molecule has 2 aromatic rings. The molecule has 2 unspecified atom stereocenters. The molecule has 65 heavy (non-hydrogen) atoms. The molecule has 2 fully saturated rings. The number of cyclic esters (lactones) is 1. The van der Waals surface area contributed by atoms with Gasteiger partial charge in [-0.1, -0.05) is 74.6 Å². The third-order valence-electron chi connectivity index (χ3n) is 11.1. The van der Waals surface area contributed by atoms with E-state index in [4.69, 9.17) is 42.6 Å². The summed E-state index contributed by atoms with van der Waals surface area (Å²) in [6, 6.07) is 7.13. The molecule has 3 heterocycles. The number of hydrogen-bond acceptors (Lipinski definition) is 14. The second-order valence-electron chi connectivity index (χ2n) is 17.7. The van der Waals surface area contributed by atoms with Gasteiger partial charge in [-0.15, -0.1) is 0 Å². The van der Waals surface area contributed by atoms with E-state index in [9.17, 15) is 30.0 Å². The van der Waals surface area contributed by atoms with Crippen molar-refractivity contribution in [2.75, 3.05) is 27.8 Å². The summed E-state index contributed by atoms with van der Waals surface area (Å²) in [5.41, 5.74) is 3.36. The molecular formula is C50H70O15. The Morgan fingerprint density at radius 2 is 1.51 bits per heavy atom. The van der Waals surface area contributed by atoms with Gasteiger partial charge in [-0.3, -0.25) is 0 Å². The molecule has 0 radical (unpaired) electrons. The third kappa shape index (κ3) is 15.3. The number of aliphatic hydroxyl groups is 3. The van der Waals surface area contributed by atoms with Crippen molar-refractivity contribution in [3.8, 4) is 11.5 Å². The van der Waals surface area contributed by atoms with E-state index >= 15 is 0 Å². The van der Waals surface area contributed by atoms with Crippen LogP contribution in [0.5, 0.6) is 11.5 Å².